The predicted octanol–water partition coefficient (Wildman–Crippen LogP) is 2.31. The van der Waals surface area contributed by atoms with Crippen LogP contribution in [0.3, 0.4) is 0 Å². The third-order valence-electron chi connectivity index (χ3n) is 2.77. The van der Waals surface area contributed by atoms with Gasteiger partial charge < -0.3 is 10.2 Å². The SMILES string of the molecule is O=C(O)C(O)C1CCCC1.c1ccccc1. The molecule has 1 saturated carbocycles. The van der Waals surface area contributed by atoms with Gasteiger partial charge in [0.15, 0.2) is 6.10 Å². The summed E-state index contributed by atoms with van der Waals surface area (Å²) in [5.74, 6) is -1.07. The van der Waals surface area contributed by atoms with E-state index in [9.17, 15) is 4.79 Å². The Hall–Kier alpha value is -1.35. The molecule has 1 aromatic carbocycles. The normalized spacial score (nSPS) is 17.3. The van der Waals surface area contributed by atoms with Crippen molar-refractivity contribution in [1.29, 1.82) is 0 Å². The molecule has 1 aliphatic carbocycles. The van der Waals surface area contributed by atoms with Crippen LogP contribution in [0.4, 0.5) is 0 Å². The highest BCUT2D eigenvalue weighted by Crippen LogP contribution is 2.27. The average molecular weight is 222 g/mol. The topological polar surface area (TPSA) is 57.5 Å². The number of rotatable bonds is 2. The smallest absolute Gasteiger partial charge is 0.332 e. The molecule has 3 heteroatoms. The van der Waals surface area contributed by atoms with Gasteiger partial charge in [-0.25, -0.2) is 4.79 Å². The molecule has 0 amide bonds. The maximum absolute atomic E-state index is 10.2. The standard InChI is InChI=1S/C7H12O3.C6H6/c8-6(7(9)10)5-3-1-2-4-5;1-2-4-6-5-3-1/h5-6,8H,1-4H2,(H,9,10);1-6H. The summed E-state index contributed by atoms with van der Waals surface area (Å²) in [4.78, 5) is 10.2. The summed E-state index contributed by atoms with van der Waals surface area (Å²) in [5, 5.41) is 17.4. The summed E-state index contributed by atoms with van der Waals surface area (Å²) >= 11 is 0. The maximum Gasteiger partial charge on any atom is 0.332 e. The summed E-state index contributed by atoms with van der Waals surface area (Å²) in [7, 11) is 0. The average Bonchev–Trinajstić information content (AvgIpc) is 2.84. The number of aliphatic carboxylic acids is 1. The van der Waals surface area contributed by atoms with Crippen LogP contribution >= 0.6 is 0 Å². The second-order valence-corrected chi connectivity index (χ2v) is 3.98. The van der Waals surface area contributed by atoms with Crippen LogP contribution in [0.1, 0.15) is 25.7 Å². The van der Waals surface area contributed by atoms with Gasteiger partial charge in [-0.2, -0.15) is 0 Å². The summed E-state index contributed by atoms with van der Waals surface area (Å²) in [6.07, 6.45) is 2.74. The molecule has 16 heavy (non-hydrogen) atoms. The Morgan fingerprint density at radius 3 is 1.69 bits per heavy atom. The van der Waals surface area contributed by atoms with Crippen LogP contribution in [-0.2, 0) is 4.79 Å². The molecule has 2 rings (SSSR count). The van der Waals surface area contributed by atoms with E-state index in [4.69, 9.17) is 10.2 Å². The molecule has 2 N–H and O–H groups in total. The Balaban J connectivity index is 0.000000181. The number of carboxylic acids is 1. The quantitative estimate of drug-likeness (QED) is 0.807. The predicted molar refractivity (Wildman–Crippen MR) is 62.0 cm³/mol. The number of hydrogen-bond acceptors (Lipinski definition) is 2. The summed E-state index contributed by atoms with van der Waals surface area (Å²) in [6, 6.07) is 12.0. The number of carboxylic acid groups (broad SMARTS) is 1. The Bertz CT molecular complexity index is 265. The lowest BCUT2D eigenvalue weighted by molar-refractivity contribution is -0.149. The monoisotopic (exact) mass is 222 g/mol. The van der Waals surface area contributed by atoms with E-state index in [1.54, 1.807) is 0 Å². The lowest BCUT2D eigenvalue weighted by atomic mass is 10.0. The molecule has 1 aromatic rings. The highest BCUT2D eigenvalue weighted by atomic mass is 16.4. The number of benzene rings is 1. The first kappa shape index (κ1) is 12.7. The molecule has 88 valence electrons. The van der Waals surface area contributed by atoms with Gasteiger partial charge in [0, 0.05) is 0 Å². The van der Waals surface area contributed by atoms with Gasteiger partial charge in [0.2, 0.25) is 0 Å². The van der Waals surface area contributed by atoms with Crippen molar-refractivity contribution in [3.8, 4) is 0 Å². The Kier molecular flexibility index (Phi) is 5.57. The van der Waals surface area contributed by atoms with Crippen molar-refractivity contribution in [2.24, 2.45) is 5.92 Å². The van der Waals surface area contributed by atoms with E-state index in [2.05, 4.69) is 0 Å². The fourth-order valence-electron chi connectivity index (χ4n) is 1.86. The van der Waals surface area contributed by atoms with Crippen molar-refractivity contribution in [1.82, 2.24) is 0 Å². The van der Waals surface area contributed by atoms with E-state index >= 15 is 0 Å². The Labute approximate surface area is 95.7 Å². The van der Waals surface area contributed by atoms with E-state index in [0.29, 0.717) is 0 Å². The fourth-order valence-corrected chi connectivity index (χ4v) is 1.86. The van der Waals surface area contributed by atoms with Gasteiger partial charge in [0.1, 0.15) is 0 Å². The minimum Gasteiger partial charge on any atom is -0.479 e. The van der Waals surface area contributed by atoms with E-state index in [-0.39, 0.29) is 5.92 Å². The summed E-state index contributed by atoms with van der Waals surface area (Å²) in [5.41, 5.74) is 0. The largest absolute Gasteiger partial charge is 0.479 e. The Morgan fingerprint density at radius 1 is 1.00 bits per heavy atom. The molecule has 1 fully saturated rings. The van der Waals surface area contributed by atoms with Crippen LogP contribution in [0.5, 0.6) is 0 Å². The molecule has 0 aromatic heterocycles. The number of aliphatic hydroxyl groups excluding tert-OH is 1. The van der Waals surface area contributed by atoms with Crippen LogP contribution in [-0.4, -0.2) is 22.3 Å². The number of carbonyl (C=O) groups is 1. The van der Waals surface area contributed by atoms with Crippen LogP contribution < -0.4 is 0 Å². The molecule has 0 heterocycles. The van der Waals surface area contributed by atoms with E-state index in [1.807, 2.05) is 36.4 Å². The van der Waals surface area contributed by atoms with Gasteiger partial charge in [-0.05, 0) is 18.8 Å². The Morgan fingerprint density at radius 2 is 1.38 bits per heavy atom. The first-order valence-electron chi connectivity index (χ1n) is 5.62. The molecule has 3 nitrogen and oxygen atoms in total. The van der Waals surface area contributed by atoms with Gasteiger partial charge in [0.05, 0.1) is 0 Å². The van der Waals surface area contributed by atoms with Gasteiger partial charge in [-0.1, -0.05) is 49.2 Å². The van der Waals surface area contributed by atoms with Crippen molar-refractivity contribution in [3.05, 3.63) is 36.4 Å². The van der Waals surface area contributed by atoms with Crippen LogP contribution in [0, 0.1) is 5.92 Å². The molecule has 1 unspecified atom stereocenters. The van der Waals surface area contributed by atoms with Gasteiger partial charge in [-0.3, -0.25) is 0 Å². The van der Waals surface area contributed by atoms with Crippen molar-refractivity contribution >= 4 is 5.97 Å². The second kappa shape index (κ2) is 7.01. The molecule has 0 spiro atoms. The van der Waals surface area contributed by atoms with Crippen LogP contribution in [0.15, 0.2) is 36.4 Å². The van der Waals surface area contributed by atoms with Crippen LogP contribution in [0.2, 0.25) is 0 Å². The van der Waals surface area contributed by atoms with Gasteiger partial charge in [-0.15, -0.1) is 0 Å². The van der Waals surface area contributed by atoms with Crippen LogP contribution in [0.25, 0.3) is 0 Å². The lowest BCUT2D eigenvalue weighted by Gasteiger charge is -2.11. The molecule has 0 bridgehead atoms. The van der Waals surface area contributed by atoms with Gasteiger partial charge >= 0.3 is 5.97 Å². The molecular formula is C13H18O3. The number of aliphatic hydroxyl groups is 1. The molecular weight excluding hydrogens is 204 g/mol. The van der Waals surface area contributed by atoms with Crippen molar-refractivity contribution in [3.63, 3.8) is 0 Å². The zero-order chi connectivity index (χ0) is 11.8. The fraction of sp³-hybridized carbons (Fsp3) is 0.462. The highest BCUT2D eigenvalue weighted by molar-refractivity contribution is 5.72. The lowest BCUT2D eigenvalue weighted by Crippen LogP contribution is -2.27. The molecule has 0 aliphatic heterocycles. The number of hydrogen-bond donors (Lipinski definition) is 2. The minimum atomic E-state index is -1.12. The van der Waals surface area contributed by atoms with E-state index in [1.165, 1.54) is 0 Å². The zero-order valence-corrected chi connectivity index (χ0v) is 9.25. The van der Waals surface area contributed by atoms with Crippen molar-refractivity contribution in [2.45, 2.75) is 31.8 Å². The maximum atomic E-state index is 10.2. The molecule has 1 aliphatic rings. The molecule has 0 saturated heterocycles. The van der Waals surface area contributed by atoms with Crippen molar-refractivity contribution in [2.75, 3.05) is 0 Å². The summed E-state index contributed by atoms with van der Waals surface area (Å²) < 4.78 is 0. The third-order valence-corrected chi connectivity index (χ3v) is 2.77. The first-order valence-corrected chi connectivity index (χ1v) is 5.62. The van der Waals surface area contributed by atoms with E-state index < -0.39 is 12.1 Å². The summed E-state index contributed by atoms with van der Waals surface area (Å²) in [6.45, 7) is 0. The zero-order valence-electron chi connectivity index (χ0n) is 9.25. The highest BCUT2D eigenvalue weighted by Gasteiger charge is 2.27. The molecule has 1 atom stereocenters. The third kappa shape index (κ3) is 4.45. The van der Waals surface area contributed by atoms with E-state index in [0.717, 1.165) is 25.7 Å². The van der Waals surface area contributed by atoms with Crippen molar-refractivity contribution < 1.29 is 15.0 Å². The first-order chi connectivity index (χ1) is 7.72. The minimum absolute atomic E-state index is 0.0116. The van der Waals surface area contributed by atoms with Gasteiger partial charge in [0.25, 0.3) is 0 Å². The second-order valence-electron chi connectivity index (χ2n) is 3.98. The molecule has 0 radical (unpaired) electrons.